The lowest BCUT2D eigenvalue weighted by Crippen LogP contribution is -2.42. The van der Waals surface area contributed by atoms with Gasteiger partial charge in [-0.1, -0.05) is 29.3 Å². The Labute approximate surface area is 282 Å². The molecule has 3 aromatic heterocycles. The molecule has 3 aromatic carbocycles. The largest absolute Gasteiger partial charge is 0.494 e. The summed E-state index contributed by atoms with van der Waals surface area (Å²) in [6, 6.07) is 12.6. The number of carbonyl (C=O) groups excluding carboxylic acids is 1. The third kappa shape index (κ3) is 5.00. The zero-order valence-corrected chi connectivity index (χ0v) is 28.8. The van der Waals surface area contributed by atoms with Gasteiger partial charge >= 0.3 is 0 Å². The first-order valence-electron chi connectivity index (χ1n) is 15.8. The second-order valence-corrected chi connectivity index (χ2v) is 13.4. The lowest BCUT2D eigenvalue weighted by Gasteiger charge is -2.34. The number of carbonyl (C=O) groups is 1. The Balaban J connectivity index is 1.37. The van der Waals surface area contributed by atoms with E-state index in [9.17, 15) is 9.18 Å². The molecule has 0 fully saturated rings. The molecule has 7 rings (SSSR count). The highest BCUT2D eigenvalue weighted by molar-refractivity contribution is 6.35. The lowest BCUT2D eigenvalue weighted by molar-refractivity contribution is 0.0957. The molecule has 0 radical (unpaired) electrons. The zero-order valence-electron chi connectivity index (χ0n) is 27.3. The first-order chi connectivity index (χ1) is 22.5. The number of hydrogen-bond donors (Lipinski definition) is 1. The average Bonchev–Trinajstić information content (AvgIpc) is 3.72. The fourth-order valence-corrected chi connectivity index (χ4v) is 7.62. The molecule has 0 spiro atoms. The predicted octanol–water partition coefficient (Wildman–Crippen LogP) is 9.44. The van der Waals surface area contributed by atoms with E-state index in [-0.39, 0.29) is 17.8 Å². The van der Waals surface area contributed by atoms with Crippen LogP contribution in [-0.4, -0.2) is 38.4 Å². The van der Waals surface area contributed by atoms with E-state index in [1.165, 1.54) is 6.07 Å². The zero-order chi connectivity index (χ0) is 33.3. The number of nitrogens with zero attached hydrogens (tertiary/aromatic N) is 4. The van der Waals surface area contributed by atoms with Crippen LogP contribution in [0.2, 0.25) is 10.0 Å². The molecule has 0 saturated heterocycles. The quantitative estimate of drug-likeness (QED) is 0.172. The molecule has 7 nitrogen and oxygen atoms in total. The van der Waals surface area contributed by atoms with Gasteiger partial charge in [0.1, 0.15) is 17.3 Å². The number of anilines is 1. The van der Waals surface area contributed by atoms with Crippen molar-refractivity contribution in [3.05, 3.63) is 98.3 Å². The van der Waals surface area contributed by atoms with Gasteiger partial charge in [0.2, 0.25) is 0 Å². The van der Waals surface area contributed by atoms with Crippen molar-refractivity contribution in [3.63, 3.8) is 0 Å². The Bertz CT molecular complexity index is 2210. The van der Waals surface area contributed by atoms with Gasteiger partial charge in [-0.15, -0.1) is 0 Å². The number of benzene rings is 3. The van der Waals surface area contributed by atoms with Crippen LogP contribution in [0.5, 0.6) is 5.75 Å². The predicted molar refractivity (Wildman–Crippen MR) is 188 cm³/mol. The topological polar surface area (TPSA) is 68.1 Å². The van der Waals surface area contributed by atoms with Gasteiger partial charge in [0.25, 0.3) is 5.91 Å². The number of aryl methyl sites for hydroxylation is 5. The number of nitrogens with one attached hydrogen (secondary N) is 1. The number of halogens is 3. The van der Waals surface area contributed by atoms with Crippen molar-refractivity contribution in [3.8, 4) is 16.9 Å². The van der Waals surface area contributed by atoms with Gasteiger partial charge in [-0.2, -0.15) is 5.10 Å². The van der Waals surface area contributed by atoms with Gasteiger partial charge in [0.05, 0.1) is 34.0 Å². The molecule has 1 aliphatic heterocycles. The van der Waals surface area contributed by atoms with Crippen LogP contribution in [0, 0.1) is 33.5 Å². The molecule has 0 saturated carbocycles. The van der Waals surface area contributed by atoms with Crippen LogP contribution < -0.4 is 9.64 Å². The molecule has 1 N–H and O–H groups in total. The molecule has 1 amide bonds. The standard InChI is InChI=1S/C37H36Cl2FN5O2/c1-19-16-24(17-20(2)33(19)39)47-15-7-8-25-26-9-10-28(38)32(31-22(4)42-43(6)23(31)5)35(26)45-21(3)18-44(37(46)36(25)45)30-12-11-29(40)27-13-14-41-34(27)30/h9-14,16-17,21,41H,7-8,15,18H2,1-6H3. The third-order valence-corrected chi connectivity index (χ3v) is 10.4. The molecule has 4 heterocycles. The minimum absolute atomic E-state index is 0.111. The molecule has 1 aliphatic rings. The van der Waals surface area contributed by atoms with Crippen LogP contribution in [0.25, 0.3) is 32.9 Å². The molecule has 47 heavy (non-hydrogen) atoms. The van der Waals surface area contributed by atoms with Crippen LogP contribution in [0.15, 0.2) is 48.7 Å². The molecular formula is C37H36Cl2FN5O2. The number of aromatic amines is 1. The summed E-state index contributed by atoms with van der Waals surface area (Å²) in [5.74, 6) is 0.306. The molecule has 242 valence electrons. The van der Waals surface area contributed by atoms with Crippen molar-refractivity contribution < 1.29 is 13.9 Å². The number of aromatic nitrogens is 4. The smallest absolute Gasteiger partial charge is 0.275 e. The maximum absolute atomic E-state index is 14.7. The molecule has 0 bridgehead atoms. The van der Waals surface area contributed by atoms with Crippen molar-refractivity contribution in [1.29, 1.82) is 0 Å². The molecule has 10 heteroatoms. The van der Waals surface area contributed by atoms with E-state index >= 15 is 0 Å². The van der Waals surface area contributed by atoms with Crippen molar-refractivity contribution in [2.24, 2.45) is 7.05 Å². The summed E-state index contributed by atoms with van der Waals surface area (Å²) in [6.45, 7) is 10.9. The highest BCUT2D eigenvalue weighted by Crippen LogP contribution is 2.45. The second-order valence-electron chi connectivity index (χ2n) is 12.6. The van der Waals surface area contributed by atoms with Crippen LogP contribution in [0.3, 0.4) is 0 Å². The van der Waals surface area contributed by atoms with Gasteiger partial charge in [-0.3, -0.25) is 9.48 Å². The molecule has 1 atom stereocenters. The Hall–Kier alpha value is -4.27. The van der Waals surface area contributed by atoms with Crippen LogP contribution >= 0.6 is 23.2 Å². The van der Waals surface area contributed by atoms with Crippen LogP contribution in [-0.2, 0) is 13.5 Å². The molecular weight excluding hydrogens is 636 g/mol. The van der Waals surface area contributed by atoms with Gasteiger partial charge in [0, 0.05) is 58.4 Å². The number of rotatable bonds is 7. The summed E-state index contributed by atoms with van der Waals surface area (Å²) in [6.07, 6.45) is 2.98. The maximum Gasteiger partial charge on any atom is 0.275 e. The number of amides is 1. The fraction of sp³-hybridized carbons (Fsp3) is 0.297. The van der Waals surface area contributed by atoms with Crippen molar-refractivity contribution in [2.75, 3.05) is 18.1 Å². The highest BCUT2D eigenvalue weighted by atomic mass is 35.5. The summed E-state index contributed by atoms with van der Waals surface area (Å²) in [4.78, 5) is 19.7. The minimum Gasteiger partial charge on any atom is -0.494 e. The fourth-order valence-electron chi connectivity index (χ4n) is 7.27. The number of hydrogen-bond acceptors (Lipinski definition) is 3. The van der Waals surface area contributed by atoms with Gasteiger partial charge in [-0.25, -0.2) is 4.39 Å². The number of fused-ring (bicyclic) bond motifs is 4. The third-order valence-electron chi connectivity index (χ3n) is 9.50. The van der Waals surface area contributed by atoms with E-state index < -0.39 is 0 Å². The summed E-state index contributed by atoms with van der Waals surface area (Å²) in [5, 5.41) is 7.47. The summed E-state index contributed by atoms with van der Waals surface area (Å²) in [7, 11) is 1.93. The normalized spacial score (nSPS) is 14.9. The Morgan fingerprint density at radius 1 is 1.02 bits per heavy atom. The minimum atomic E-state index is -0.329. The highest BCUT2D eigenvalue weighted by Gasteiger charge is 2.37. The Morgan fingerprint density at radius 2 is 1.77 bits per heavy atom. The van der Waals surface area contributed by atoms with E-state index in [1.54, 1.807) is 23.2 Å². The van der Waals surface area contributed by atoms with Gasteiger partial charge in [0.15, 0.2) is 0 Å². The second kappa shape index (κ2) is 11.8. The summed E-state index contributed by atoms with van der Waals surface area (Å²) < 4.78 is 24.9. The van der Waals surface area contributed by atoms with E-state index in [2.05, 4.69) is 16.5 Å². The monoisotopic (exact) mass is 671 g/mol. The Kier molecular flexibility index (Phi) is 7.84. The SMILES string of the molecule is Cc1cc(OCCCc2c3n(c4c(-c5c(C)nn(C)c5C)c(Cl)ccc24)C(C)CN(c2ccc(F)c4cc[nH]c24)C3=O)cc(C)c1Cl. The van der Waals surface area contributed by atoms with E-state index in [0.717, 1.165) is 60.9 Å². The molecule has 6 aromatic rings. The van der Waals surface area contributed by atoms with E-state index in [1.807, 2.05) is 63.7 Å². The maximum atomic E-state index is 14.7. The summed E-state index contributed by atoms with van der Waals surface area (Å²) in [5.41, 5.74) is 9.39. The van der Waals surface area contributed by atoms with Crippen LogP contribution in [0.4, 0.5) is 10.1 Å². The first kappa shape index (κ1) is 31.3. The van der Waals surface area contributed by atoms with Crippen molar-refractivity contribution in [1.82, 2.24) is 19.3 Å². The van der Waals surface area contributed by atoms with Crippen molar-refractivity contribution >= 4 is 56.6 Å². The first-order valence-corrected chi connectivity index (χ1v) is 16.6. The number of ether oxygens (including phenoxy) is 1. The van der Waals surface area contributed by atoms with E-state index in [4.69, 9.17) is 33.0 Å². The molecule has 1 unspecified atom stereocenters. The van der Waals surface area contributed by atoms with E-state index in [0.29, 0.717) is 53.3 Å². The number of H-pyrrole nitrogens is 1. The summed E-state index contributed by atoms with van der Waals surface area (Å²) >= 11 is 13.4. The average molecular weight is 673 g/mol. The molecule has 0 aliphatic carbocycles. The van der Waals surface area contributed by atoms with Crippen LogP contribution in [0.1, 0.15) is 58.0 Å². The van der Waals surface area contributed by atoms with Crippen molar-refractivity contribution in [2.45, 2.75) is 53.5 Å². The van der Waals surface area contributed by atoms with Gasteiger partial charge < -0.3 is 19.2 Å². The lowest BCUT2D eigenvalue weighted by atomic mass is 9.98. The Morgan fingerprint density at radius 3 is 2.47 bits per heavy atom. The van der Waals surface area contributed by atoms with Gasteiger partial charge in [-0.05, 0) is 101 Å².